The fourth-order valence-electron chi connectivity index (χ4n) is 3.08. The number of carbonyl (C=O) groups is 2. The number of carbonyl (C=O) groups excluding carboxylic acids is 2. The summed E-state index contributed by atoms with van der Waals surface area (Å²) in [6, 6.07) is 14.5. The van der Waals surface area contributed by atoms with Crippen molar-refractivity contribution in [3.8, 4) is 0 Å². The van der Waals surface area contributed by atoms with Gasteiger partial charge in [-0.2, -0.15) is 5.10 Å². The number of benzene rings is 2. The van der Waals surface area contributed by atoms with Crippen molar-refractivity contribution in [3.63, 3.8) is 0 Å². The summed E-state index contributed by atoms with van der Waals surface area (Å²) in [7, 11) is 0. The largest absolute Gasteiger partial charge is 0.465 e. The van der Waals surface area contributed by atoms with E-state index in [1.807, 2.05) is 35.8 Å². The molecule has 3 rings (SSSR count). The molecule has 28 heavy (non-hydrogen) atoms. The van der Waals surface area contributed by atoms with Crippen LogP contribution in [0.5, 0.6) is 0 Å². The molecule has 0 aliphatic heterocycles. The minimum atomic E-state index is -0.387. The maximum atomic E-state index is 12.3. The first-order valence-electron chi connectivity index (χ1n) is 8.94. The zero-order valence-electron chi connectivity index (χ0n) is 15.8. The Kier molecular flexibility index (Phi) is 5.74. The molecule has 1 aromatic heterocycles. The molecule has 1 heterocycles. The van der Waals surface area contributed by atoms with Gasteiger partial charge in [0.2, 0.25) is 0 Å². The van der Waals surface area contributed by atoms with Crippen molar-refractivity contribution in [1.82, 2.24) is 9.99 Å². The standard InChI is InChI=1S/C21H22N4O3/c1-3-28-20(26)13-25-14(2)17(15-8-5-7-11-19(15)25)12-23-24-21(27)16-9-4-6-10-18(16)22/h4-12H,3,13,22H2,1-2H3,(H,24,27)/b23-12+. The lowest BCUT2D eigenvalue weighted by atomic mass is 10.1. The van der Waals surface area contributed by atoms with Crippen molar-refractivity contribution in [2.45, 2.75) is 20.4 Å². The zero-order chi connectivity index (χ0) is 20.1. The second-order valence-electron chi connectivity index (χ2n) is 6.19. The average molecular weight is 378 g/mol. The number of hydrogen-bond donors (Lipinski definition) is 2. The van der Waals surface area contributed by atoms with Gasteiger partial charge in [0.25, 0.3) is 5.91 Å². The monoisotopic (exact) mass is 378 g/mol. The van der Waals surface area contributed by atoms with Crippen LogP contribution >= 0.6 is 0 Å². The zero-order valence-corrected chi connectivity index (χ0v) is 15.8. The quantitative estimate of drug-likeness (QED) is 0.298. The molecule has 0 unspecified atom stereocenters. The topological polar surface area (TPSA) is 98.7 Å². The van der Waals surface area contributed by atoms with Gasteiger partial charge < -0.3 is 15.0 Å². The highest BCUT2D eigenvalue weighted by molar-refractivity contribution is 6.03. The number of para-hydroxylation sites is 2. The Hall–Kier alpha value is -3.61. The van der Waals surface area contributed by atoms with Crippen molar-refractivity contribution in [1.29, 1.82) is 0 Å². The molecule has 1 amide bonds. The van der Waals surface area contributed by atoms with Gasteiger partial charge in [-0.15, -0.1) is 0 Å². The van der Waals surface area contributed by atoms with Crippen molar-refractivity contribution in [2.75, 3.05) is 12.3 Å². The highest BCUT2D eigenvalue weighted by Crippen LogP contribution is 2.24. The summed E-state index contributed by atoms with van der Waals surface area (Å²) in [4.78, 5) is 24.2. The summed E-state index contributed by atoms with van der Waals surface area (Å²) < 4.78 is 6.95. The third-order valence-corrected chi connectivity index (χ3v) is 4.44. The summed E-state index contributed by atoms with van der Waals surface area (Å²) in [5, 5.41) is 5.02. The summed E-state index contributed by atoms with van der Waals surface area (Å²) in [5.41, 5.74) is 11.6. The van der Waals surface area contributed by atoms with E-state index < -0.39 is 0 Å². The van der Waals surface area contributed by atoms with Gasteiger partial charge in [0.15, 0.2) is 0 Å². The van der Waals surface area contributed by atoms with Crippen LogP contribution in [0.1, 0.15) is 28.5 Å². The van der Waals surface area contributed by atoms with Crippen LogP contribution in [0.2, 0.25) is 0 Å². The fourth-order valence-corrected chi connectivity index (χ4v) is 3.08. The summed E-state index contributed by atoms with van der Waals surface area (Å²) in [6.45, 7) is 4.12. The van der Waals surface area contributed by atoms with E-state index >= 15 is 0 Å². The number of amides is 1. The highest BCUT2D eigenvalue weighted by atomic mass is 16.5. The Balaban J connectivity index is 1.88. The van der Waals surface area contributed by atoms with Crippen LogP contribution < -0.4 is 11.2 Å². The molecule has 3 N–H and O–H groups in total. The number of hydrogen-bond acceptors (Lipinski definition) is 5. The van der Waals surface area contributed by atoms with Crippen molar-refractivity contribution >= 4 is 34.7 Å². The number of nitrogens with two attached hydrogens (primary N) is 1. The maximum Gasteiger partial charge on any atom is 0.325 e. The van der Waals surface area contributed by atoms with Crippen LogP contribution in [0, 0.1) is 6.92 Å². The van der Waals surface area contributed by atoms with Crippen molar-refractivity contribution in [2.24, 2.45) is 5.10 Å². The molecular formula is C21H22N4O3. The first-order chi connectivity index (χ1) is 13.5. The van der Waals surface area contributed by atoms with Gasteiger partial charge in [-0.25, -0.2) is 5.43 Å². The molecule has 0 bridgehead atoms. The van der Waals surface area contributed by atoms with Crippen molar-refractivity contribution < 1.29 is 14.3 Å². The lowest BCUT2D eigenvalue weighted by Crippen LogP contribution is -2.19. The fraction of sp³-hybridized carbons (Fsp3) is 0.190. The number of nitrogen functional groups attached to an aromatic ring is 1. The number of hydrazone groups is 1. The predicted molar refractivity (Wildman–Crippen MR) is 109 cm³/mol. The molecule has 0 saturated carbocycles. The minimum absolute atomic E-state index is 0.112. The van der Waals surface area contributed by atoms with Crippen LogP contribution in [-0.4, -0.2) is 29.3 Å². The second kappa shape index (κ2) is 8.39. The first-order valence-corrected chi connectivity index (χ1v) is 8.94. The molecular weight excluding hydrogens is 356 g/mol. The number of nitrogens with one attached hydrogen (secondary N) is 1. The van der Waals surface area contributed by atoms with E-state index in [1.165, 1.54) is 0 Å². The Morgan fingerprint density at radius 1 is 1.18 bits per heavy atom. The maximum absolute atomic E-state index is 12.3. The van der Waals surface area contributed by atoms with Gasteiger partial charge in [0.05, 0.1) is 18.4 Å². The van der Waals surface area contributed by atoms with E-state index in [4.69, 9.17) is 10.5 Å². The van der Waals surface area contributed by atoms with Crippen LogP contribution in [0.15, 0.2) is 53.6 Å². The summed E-state index contributed by atoms with van der Waals surface area (Å²) >= 11 is 0. The van der Waals surface area contributed by atoms with Gasteiger partial charge >= 0.3 is 5.97 Å². The Morgan fingerprint density at radius 2 is 1.89 bits per heavy atom. The molecule has 0 aliphatic rings. The molecule has 3 aromatic rings. The second-order valence-corrected chi connectivity index (χ2v) is 6.19. The number of aromatic nitrogens is 1. The molecule has 7 nitrogen and oxygen atoms in total. The van der Waals surface area contributed by atoms with E-state index in [2.05, 4.69) is 10.5 Å². The molecule has 0 spiro atoms. The molecule has 2 aromatic carbocycles. The van der Waals surface area contributed by atoms with Crippen LogP contribution in [0.3, 0.4) is 0 Å². The third-order valence-electron chi connectivity index (χ3n) is 4.44. The molecule has 0 radical (unpaired) electrons. The van der Waals surface area contributed by atoms with E-state index in [0.717, 1.165) is 22.2 Å². The lowest BCUT2D eigenvalue weighted by Gasteiger charge is -2.07. The molecule has 0 fully saturated rings. The number of ether oxygens (including phenoxy) is 1. The third kappa shape index (κ3) is 3.88. The average Bonchev–Trinajstić information content (AvgIpc) is 2.94. The van der Waals surface area contributed by atoms with Crippen molar-refractivity contribution in [3.05, 3.63) is 65.4 Å². The number of rotatable bonds is 6. The highest BCUT2D eigenvalue weighted by Gasteiger charge is 2.15. The molecule has 0 atom stereocenters. The Bertz CT molecular complexity index is 1050. The molecule has 0 aliphatic carbocycles. The van der Waals surface area contributed by atoms with E-state index in [1.54, 1.807) is 37.4 Å². The van der Waals surface area contributed by atoms with Gasteiger partial charge in [-0.05, 0) is 32.0 Å². The SMILES string of the molecule is CCOC(=O)Cn1c(C)c(/C=N/NC(=O)c2ccccc2N)c2ccccc21. The molecule has 0 saturated heterocycles. The van der Waals surface area contributed by atoms with Gasteiger partial charge in [-0.3, -0.25) is 9.59 Å². The number of esters is 1. The van der Waals surface area contributed by atoms with Crippen LogP contribution in [0.4, 0.5) is 5.69 Å². The van der Waals surface area contributed by atoms with Crippen LogP contribution in [0.25, 0.3) is 10.9 Å². The van der Waals surface area contributed by atoms with Gasteiger partial charge in [0, 0.05) is 27.8 Å². The van der Waals surface area contributed by atoms with E-state index in [9.17, 15) is 9.59 Å². The van der Waals surface area contributed by atoms with Crippen LogP contribution in [-0.2, 0) is 16.1 Å². The molecule has 7 heteroatoms. The molecule has 144 valence electrons. The Morgan fingerprint density at radius 3 is 2.64 bits per heavy atom. The van der Waals surface area contributed by atoms with E-state index in [0.29, 0.717) is 17.9 Å². The van der Waals surface area contributed by atoms with Gasteiger partial charge in [0.1, 0.15) is 6.54 Å². The normalized spacial score (nSPS) is 11.1. The minimum Gasteiger partial charge on any atom is -0.465 e. The smallest absolute Gasteiger partial charge is 0.325 e. The number of anilines is 1. The number of nitrogens with zero attached hydrogens (tertiary/aromatic N) is 2. The lowest BCUT2D eigenvalue weighted by molar-refractivity contribution is -0.143. The Labute approximate surface area is 162 Å². The number of fused-ring (bicyclic) bond motifs is 1. The van der Waals surface area contributed by atoms with Gasteiger partial charge in [-0.1, -0.05) is 30.3 Å². The first kappa shape index (κ1) is 19.2. The summed E-state index contributed by atoms with van der Waals surface area (Å²) in [6.07, 6.45) is 1.58. The predicted octanol–water partition coefficient (Wildman–Crippen LogP) is 2.86. The summed E-state index contributed by atoms with van der Waals surface area (Å²) in [5.74, 6) is -0.690. The van der Waals surface area contributed by atoms with E-state index in [-0.39, 0.29) is 18.4 Å².